The van der Waals surface area contributed by atoms with Gasteiger partial charge in [0.2, 0.25) is 0 Å². The van der Waals surface area contributed by atoms with Gasteiger partial charge in [0.15, 0.2) is 0 Å². The lowest BCUT2D eigenvalue weighted by Crippen LogP contribution is -2.48. The molecule has 0 bridgehead atoms. The van der Waals surface area contributed by atoms with E-state index in [-0.39, 0.29) is 0 Å². The van der Waals surface area contributed by atoms with E-state index >= 15 is 0 Å². The van der Waals surface area contributed by atoms with Gasteiger partial charge in [-0.25, -0.2) is 0 Å². The van der Waals surface area contributed by atoms with Crippen molar-refractivity contribution in [2.24, 2.45) is 0 Å². The van der Waals surface area contributed by atoms with E-state index in [9.17, 15) is 0 Å². The topological polar surface area (TPSA) is 24.1 Å². The Morgan fingerprint density at radius 3 is 2.67 bits per heavy atom. The molecule has 2 N–H and O–H groups in total. The van der Waals surface area contributed by atoms with Crippen molar-refractivity contribution in [3.8, 4) is 0 Å². The highest BCUT2D eigenvalue weighted by molar-refractivity contribution is 6.42. The molecule has 4 heteroatoms. The van der Waals surface area contributed by atoms with E-state index in [0.717, 1.165) is 13.1 Å². The van der Waals surface area contributed by atoms with E-state index in [4.69, 9.17) is 23.2 Å². The van der Waals surface area contributed by atoms with Crippen LogP contribution in [0.2, 0.25) is 10.0 Å². The maximum atomic E-state index is 5.99. The molecule has 1 aromatic carbocycles. The van der Waals surface area contributed by atoms with Crippen molar-refractivity contribution in [1.82, 2.24) is 10.6 Å². The van der Waals surface area contributed by atoms with E-state index in [1.54, 1.807) is 0 Å². The summed E-state index contributed by atoms with van der Waals surface area (Å²) < 4.78 is 0. The van der Waals surface area contributed by atoms with Gasteiger partial charge >= 0.3 is 0 Å². The molecule has 0 aliphatic carbocycles. The molecule has 1 heterocycles. The smallest absolute Gasteiger partial charge is 0.0595 e. The highest BCUT2D eigenvalue weighted by Crippen LogP contribution is 2.26. The zero-order valence-corrected chi connectivity index (χ0v) is 10.1. The van der Waals surface area contributed by atoms with Crippen LogP contribution in [0.3, 0.4) is 0 Å². The Kier molecular flexibility index (Phi) is 3.52. The summed E-state index contributed by atoms with van der Waals surface area (Å²) >= 11 is 11.9. The van der Waals surface area contributed by atoms with Crippen LogP contribution in [-0.2, 0) is 0 Å². The Labute approximate surface area is 100.0 Å². The van der Waals surface area contributed by atoms with Crippen LogP contribution in [-0.4, -0.2) is 19.1 Å². The number of benzene rings is 1. The summed E-state index contributed by atoms with van der Waals surface area (Å²) in [6.07, 6.45) is 0. The molecule has 0 saturated carbocycles. The predicted octanol–water partition coefficient (Wildman–Crippen LogP) is 2.62. The zero-order valence-electron chi connectivity index (χ0n) is 8.56. The summed E-state index contributed by atoms with van der Waals surface area (Å²) in [6.45, 7) is 4.11. The van der Waals surface area contributed by atoms with Crippen LogP contribution in [0.1, 0.15) is 18.5 Å². The lowest BCUT2D eigenvalue weighted by atomic mass is 10.0. The summed E-state index contributed by atoms with van der Waals surface area (Å²) in [5, 5.41) is 8.12. The summed E-state index contributed by atoms with van der Waals surface area (Å²) in [4.78, 5) is 0. The molecule has 2 rings (SSSR count). The van der Waals surface area contributed by atoms with E-state index in [2.05, 4.69) is 17.6 Å². The van der Waals surface area contributed by atoms with Gasteiger partial charge in [-0.1, -0.05) is 29.3 Å². The van der Waals surface area contributed by atoms with Gasteiger partial charge in [0, 0.05) is 25.2 Å². The van der Waals surface area contributed by atoms with Gasteiger partial charge in [0.25, 0.3) is 0 Å². The molecule has 0 amide bonds. The summed E-state index contributed by atoms with van der Waals surface area (Å²) in [7, 11) is 0. The molecule has 15 heavy (non-hydrogen) atoms. The highest BCUT2D eigenvalue weighted by atomic mass is 35.5. The third-order valence-electron chi connectivity index (χ3n) is 2.63. The minimum Gasteiger partial charge on any atom is -0.313 e. The number of rotatable bonds is 1. The van der Waals surface area contributed by atoms with Gasteiger partial charge < -0.3 is 10.6 Å². The average Bonchev–Trinajstić information content (AvgIpc) is 2.22. The van der Waals surface area contributed by atoms with Crippen LogP contribution < -0.4 is 10.6 Å². The normalized spacial score (nSPS) is 26.6. The molecule has 0 aromatic heterocycles. The molecule has 2 atom stereocenters. The standard InChI is InChI=1S/C11H14Cl2N2/c1-7-5-14-6-11(15-7)8-2-3-9(12)10(13)4-8/h2-4,7,11,14-15H,5-6H2,1H3/t7-,11?/m0/s1. The first-order valence-corrected chi connectivity index (χ1v) is 5.84. The van der Waals surface area contributed by atoms with Crippen LogP contribution in [0.5, 0.6) is 0 Å². The number of hydrogen-bond acceptors (Lipinski definition) is 2. The molecule has 1 fully saturated rings. The van der Waals surface area contributed by atoms with E-state index in [1.807, 2.05) is 18.2 Å². The first-order chi connectivity index (χ1) is 7.16. The van der Waals surface area contributed by atoms with Gasteiger partial charge in [0.05, 0.1) is 10.0 Å². The molecule has 1 aliphatic rings. The highest BCUT2D eigenvalue weighted by Gasteiger charge is 2.19. The molecular weight excluding hydrogens is 231 g/mol. The number of nitrogens with one attached hydrogen (secondary N) is 2. The maximum Gasteiger partial charge on any atom is 0.0595 e. The third kappa shape index (κ3) is 2.64. The minimum atomic E-state index is 0.323. The van der Waals surface area contributed by atoms with Crippen LogP contribution in [0.25, 0.3) is 0 Å². The second-order valence-electron chi connectivity index (χ2n) is 3.95. The van der Waals surface area contributed by atoms with E-state index in [0.29, 0.717) is 22.1 Å². The van der Waals surface area contributed by atoms with E-state index < -0.39 is 0 Å². The minimum absolute atomic E-state index is 0.323. The fourth-order valence-corrected chi connectivity index (χ4v) is 2.16. The van der Waals surface area contributed by atoms with Gasteiger partial charge in [-0.3, -0.25) is 0 Å². The third-order valence-corrected chi connectivity index (χ3v) is 3.37. The first-order valence-electron chi connectivity index (χ1n) is 5.08. The SMILES string of the molecule is C[C@H]1CNCC(c2ccc(Cl)c(Cl)c2)N1. The molecule has 0 spiro atoms. The first kappa shape index (κ1) is 11.2. The second kappa shape index (κ2) is 4.71. The van der Waals surface area contributed by atoms with Crippen molar-refractivity contribution in [1.29, 1.82) is 0 Å². The maximum absolute atomic E-state index is 5.99. The Hall–Kier alpha value is -0.280. The monoisotopic (exact) mass is 244 g/mol. The van der Waals surface area contributed by atoms with Gasteiger partial charge in [0.1, 0.15) is 0 Å². The number of piperazine rings is 1. The van der Waals surface area contributed by atoms with Gasteiger partial charge in [-0.2, -0.15) is 0 Å². The fraction of sp³-hybridized carbons (Fsp3) is 0.455. The molecule has 1 saturated heterocycles. The number of hydrogen-bond donors (Lipinski definition) is 2. The Morgan fingerprint density at radius 1 is 1.20 bits per heavy atom. The van der Waals surface area contributed by atoms with Crippen molar-refractivity contribution >= 4 is 23.2 Å². The van der Waals surface area contributed by atoms with Crippen LogP contribution in [0.4, 0.5) is 0 Å². The van der Waals surface area contributed by atoms with Crippen LogP contribution >= 0.6 is 23.2 Å². The van der Waals surface area contributed by atoms with Crippen LogP contribution in [0, 0.1) is 0 Å². The molecule has 0 radical (unpaired) electrons. The summed E-state index contributed by atoms with van der Waals surface area (Å²) in [6, 6.07) is 6.61. The van der Waals surface area contributed by atoms with E-state index in [1.165, 1.54) is 5.56 Å². The van der Waals surface area contributed by atoms with Crippen molar-refractivity contribution in [3.05, 3.63) is 33.8 Å². The zero-order chi connectivity index (χ0) is 10.8. The van der Waals surface area contributed by atoms with Crippen molar-refractivity contribution < 1.29 is 0 Å². The molecular formula is C11H14Cl2N2. The fourth-order valence-electron chi connectivity index (χ4n) is 1.85. The largest absolute Gasteiger partial charge is 0.313 e. The molecule has 1 unspecified atom stereocenters. The number of halogens is 2. The van der Waals surface area contributed by atoms with Crippen LogP contribution in [0.15, 0.2) is 18.2 Å². The average molecular weight is 245 g/mol. The van der Waals surface area contributed by atoms with Crippen molar-refractivity contribution in [3.63, 3.8) is 0 Å². The van der Waals surface area contributed by atoms with Crippen molar-refractivity contribution in [2.45, 2.75) is 19.0 Å². The lowest BCUT2D eigenvalue weighted by molar-refractivity contribution is 0.360. The van der Waals surface area contributed by atoms with Gasteiger partial charge in [-0.05, 0) is 24.6 Å². The molecule has 2 nitrogen and oxygen atoms in total. The Morgan fingerprint density at radius 2 is 2.00 bits per heavy atom. The van der Waals surface area contributed by atoms with Gasteiger partial charge in [-0.15, -0.1) is 0 Å². The predicted molar refractivity (Wildman–Crippen MR) is 64.7 cm³/mol. The summed E-state index contributed by atoms with van der Waals surface area (Å²) in [5.74, 6) is 0. The van der Waals surface area contributed by atoms with Crippen molar-refractivity contribution in [2.75, 3.05) is 13.1 Å². The Bertz CT molecular complexity index is 354. The molecule has 82 valence electrons. The summed E-state index contributed by atoms with van der Waals surface area (Å²) in [5.41, 5.74) is 1.18. The lowest BCUT2D eigenvalue weighted by Gasteiger charge is -2.30. The second-order valence-corrected chi connectivity index (χ2v) is 4.77. The quantitative estimate of drug-likeness (QED) is 0.794. The Balaban J connectivity index is 2.18. The molecule has 1 aromatic rings. The molecule has 1 aliphatic heterocycles.